The summed E-state index contributed by atoms with van der Waals surface area (Å²) in [6.07, 6.45) is 0.141. The Morgan fingerprint density at radius 3 is 2.29 bits per heavy atom. The van der Waals surface area contributed by atoms with Crippen LogP contribution in [0.5, 0.6) is 0 Å². The maximum absolute atomic E-state index is 13.2. The summed E-state index contributed by atoms with van der Waals surface area (Å²) >= 11 is 0. The van der Waals surface area contributed by atoms with Crippen molar-refractivity contribution in [2.75, 3.05) is 57.7 Å². The first-order chi connectivity index (χ1) is 13.4. The Labute approximate surface area is 165 Å². The van der Waals surface area contributed by atoms with Crippen LogP contribution in [0.2, 0.25) is 0 Å². The molecule has 0 spiro atoms. The number of benzene rings is 1. The van der Waals surface area contributed by atoms with Gasteiger partial charge < -0.3 is 15.0 Å². The molecule has 8 heteroatoms. The fraction of sp³-hybridized carbons (Fsp3) is 0.600. The molecule has 7 nitrogen and oxygen atoms in total. The number of anilines is 1. The second kappa shape index (κ2) is 9.45. The Morgan fingerprint density at radius 1 is 1.07 bits per heavy atom. The van der Waals surface area contributed by atoms with Gasteiger partial charge in [0.2, 0.25) is 11.8 Å². The van der Waals surface area contributed by atoms with Gasteiger partial charge in [-0.3, -0.25) is 19.4 Å². The summed E-state index contributed by atoms with van der Waals surface area (Å²) < 4.78 is 18.9. The van der Waals surface area contributed by atoms with Crippen LogP contribution in [-0.4, -0.2) is 91.1 Å². The van der Waals surface area contributed by atoms with E-state index in [1.54, 1.807) is 12.1 Å². The van der Waals surface area contributed by atoms with Gasteiger partial charge in [0.05, 0.1) is 25.3 Å². The number of carbonyl (C=O) groups is 2. The van der Waals surface area contributed by atoms with E-state index in [2.05, 4.69) is 15.1 Å². The molecule has 2 aliphatic heterocycles. The van der Waals surface area contributed by atoms with Crippen molar-refractivity contribution in [3.63, 3.8) is 0 Å². The van der Waals surface area contributed by atoms with Crippen molar-refractivity contribution in [1.82, 2.24) is 14.7 Å². The Kier molecular flexibility index (Phi) is 6.98. The molecule has 1 aromatic rings. The molecule has 2 amide bonds. The molecule has 154 valence electrons. The summed E-state index contributed by atoms with van der Waals surface area (Å²) in [6, 6.07) is 5.87. The number of rotatable bonds is 5. The van der Waals surface area contributed by atoms with Crippen molar-refractivity contribution in [3.8, 4) is 0 Å². The van der Waals surface area contributed by atoms with Crippen LogP contribution in [0.1, 0.15) is 13.8 Å². The van der Waals surface area contributed by atoms with Gasteiger partial charge in [0.25, 0.3) is 0 Å². The number of carbonyl (C=O) groups excluding carboxylic acids is 2. The average Bonchev–Trinajstić information content (AvgIpc) is 2.62. The quantitative estimate of drug-likeness (QED) is 0.811. The predicted octanol–water partition coefficient (Wildman–Crippen LogP) is 1.02. The van der Waals surface area contributed by atoms with E-state index in [4.69, 9.17) is 4.74 Å². The number of hydrogen-bond donors (Lipinski definition) is 1. The molecule has 2 heterocycles. The zero-order chi connectivity index (χ0) is 20.1. The van der Waals surface area contributed by atoms with E-state index in [0.29, 0.717) is 25.3 Å². The van der Waals surface area contributed by atoms with Crippen LogP contribution in [0.15, 0.2) is 24.3 Å². The monoisotopic (exact) mass is 392 g/mol. The third-order valence-electron chi connectivity index (χ3n) is 5.07. The number of nitrogens with one attached hydrogen (secondary N) is 1. The lowest BCUT2D eigenvalue weighted by Crippen LogP contribution is -2.54. The molecule has 0 saturated carbocycles. The van der Waals surface area contributed by atoms with Crippen LogP contribution in [0, 0.1) is 5.82 Å². The van der Waals surface area contributed by atoms with Crippen molar-refractivity contribution >= 4 is 17.5 Å². The molecule has 0 radical (unpaired) electrons. The minimum absolute atomic E-state index is 0.0705. The van der Waals surface area contributed by atoms with Gasteiger partial charge in [-0.15, -0.1) is 0 Å². The second-order valence-corrected chi connectivity index (χ2v) is 7.67. The SMILES string of the molecule is C[C@H]1CN(C(=O)CN2CCN(CC(=O)Nc3cccc(F)c3)CC2)C[C@H](C)O1. The van der Waals surface area contributed by atoms with Gasteiger partial charge in [0.1, 0.15) is 5.82 Å². The highest BCUT2D eigenvalue weighted by Crippen LogP contribution is 2.12. The second-order valence-electron chi connectivity index (χ2n) is 7.67. The summed E-state index contributed by atoms with van der Waals surface area (Å²) in [4.78, 5) is 30.8. The molecule has 0 aromatic heterocycles. The molecule has 1 aromatic carbocycles. The molecule has 0 bridgehead atoms. The lowest BCUT2D eigenvalue weighted by Gasteiger charge is -2.38. The van der Waals surface area contributed by atoms with E-state index in [9.17, 15) is 14.0 Å². The van der Waals surface area contributed by atoms with Gasteiger partial charge in [-0.2, -0.15) is 0 Å². The smallest absolute Gasteiger partial charge is 0.238 e. The summed E-state index contributed by atoms with van der Waals surface area (Å²) in [6.45, 7) is 8.86. The number of morpholine rings is 1. The number of ether oxygens (including phenoxy) is 1. The summed E-state index contributed by atoms with van der Waals surface area (Å²) in [5, 5.41) is 2.72. The van der Waals surface area contributed by atoms with Gasteiger partial charge in [-0.05, 0) is 32.0 Å². The molecule has 3 rings (SSSR count). The minimum atomic E-state index is -0.375. The number of piperazine rings is 1. The largest absolute Gasteiger partial charge is 0.372 e. The molecule has 2 aliphatic rings. The topological polar surface area (TPSA) is 65.1 Å². The van der Waals surface area contributed by atoms with Gasteiger partial charge in [0.15, 0.2) is 0 Å². The predicted molar refractivity (Wildman–Crippen MR) is 104 cm³/mol. The first-order valence-electron chi connectivity index (χ1n) is 9.82. The molecule has 2 saturated heterocycles. The normalized spacial score (nSPS) is 24.2. The van der Waals surface area contributed by atoms with E-state index < -0.39 is 0 Å². The fourth-order valence-electron chi connectivity index (χ4n) is 3.75. The average molecular weight is 392 g/mol. The van der Waals surface area contributed by atoms with Crippen LogP contribution in [-0.2, 0) is 14.3 Å². The zero-order valence-corrected chi connectivity index (χ0v) is 16.6. The summed E-state index contributed by atoms with van der Waals surface area (Å²) in [7, 11) is 0. The van der Waals surface area contributed by atoms with Crippen molar-refractivity contribution in [3.05, 3.63) is 30.1 Å². The van der Waals surface area contributed by atoms with Crippen molar-refractivity contribution in [2.45, 2.75) is 26.1 Å². The van der Waals surface area contributed by atoms with E-state index in [0.717, 1.165) is 26.2 Å². The lowest BCUT2D eigenvalue weighted by atomic mass is 10.2. The fourth-order valence-corrected chi connectivity index (χ4v) is 3.75. The van der Waals surface area contributed by atoms with Crippen LogP contribution < -0.4 is 5.32 Å². The number of halogens is 1. The maximum Gasteiger partial charge on any atom is 0.238 e. The first kappa shape index (κ1) is 20.7. The molecule has 28 heavy (non-hydrogen) atoms. The number of amides is 2. The minimum Gasteiger partial charge on any atom is -0.372 e. The first-order valence-corrected chi connectivity index (χ1v) is 9.82. The van der Waals surface area contributed by atoms with Gasteiger partial charge in [-0.1, -0.05) is 6.07 Å². The van der Waals surface area contributed by atoms with Gasteiger partial charge >= 0.3 is 0 Å². The molecular formula is C20H29FN4O3. The van der Waals surface area contributed by atoms with Crippen LogP contribution in [0.4, 0.5) is 10.1 Å². The van der Waals surface area contributed by atoms with Crippen LogP contribution in [0.3, 0.4) is 0 Å². The molecule has 1 N–H and O–H groups in total. The highest BCUT2D eigenvalue weighted by Gasteiger charge is 2.28. The van der Waals surface area contributed by atoms with E-state index >= 15 is 0 Å². The Morgan fingerprint density at radius 2 is 1.68 bits per heavy atom. The summed E-state index contributed by atoms with van der Waals surface area (Å²) in [5.74, 6) is -0.397. The van der Waals surface area contributed by atoms with Crippen LogP contribution >= 0.6 is 0 Å². The molecule has 2 fully saturated rings. The Balaban J connectivity index is 1.39. The standard InChI is InChI=1S/C20H29FN4O3/c1-15-11-25(12-16(2)28-15)20(27)14-24-8-6-23(7-9-24)13-19(26)22-18-5-3-4-17(21)10-18/h3-5,10,15-16H,6-9,11-14H2,1-2H3,(H,22,26)/t15-,16-/m0/s1. The Hall–Kier alpha value is -2.03. The lowest BCUT2D eigenvalue weighted by molar-refractivity contribution is -0.144. The molecule has 0 unspecified atom stereocenters. The maximum atomic E-state index is 13.2. The Bertz CT molecular complexity index is 684. The molecule has 2 atom stereocenters. The van der Waals surface area contributed by atoms with Crippen LogP contribution in [0.25, 0.3) is 0 Å². The highest BCUT2D eigenvalue weighted by molar-refractivity contribution is 5.92. The van der Waals surface area contributed by atoms with E-state index in [-0.39, 0.29) is 36.4 Å². The zero-order valence-electron chi connectivity index (χ0n) is 16.6. The van der Waals surface area contributed by atoms with E-state index in [1.165, 1.54) is 12.1 Å². The van der Waals surface area contributed by atoms with Gasteiger partial charge in [-0.25, -0.2) is 4.39 Å². The van der Waals surface area contributed by atoms with Crippen molar-refractivity contribution in [2.24, 2.45) is 0 Å². The third-order valence-corrected chi connectivity index (χ3v) is 5.07. The van der Waals surface area contributed by atoms with Crippen molar-refractivity contribution < 1.29 is 18.7 Å². The molecule has 0 aliphatic carbocycles. The third kappa shape index (κ3) is 5.98. The molecular weight excluding hydrogens is 363 g/mol. The summed E-state index contributed by atoms with van der Waals surface area (Å²) in [5.41, 5.74) is 0.461. The number of hydrogen-bond acceptors (Lipinski definition) is 5. The number of nitrogens with zero attached hydrogens (tertiary/aromatic N) is 3. The van der Waals surface area contributed by atoms with E-state index in [1.807, 2.05) is 18.7 Å². The highest BCUT2D eigenvalue weighted by atomic mass is 19.1. The van der Waals surface area contributed by atoms with Crippen molar-refractivity contribution in [1.29, 1.82) is 0 Å². The van der Waals surface area contributed by atoms with Gasteiger partial charge in [0, 0.05) is 45.0 Å².